The van der Waals surface area contributed by atoms with Crippen molar-refractivity contribution in [1.29, 1.82) is 0 Å². The highest BCUT2D eigenvalue weighted by atomic mass is 32.1. The average Bonchev–Trinajstić information content (AvgIpc) is 2.90. The van der Waals surface area contributed by atoms with Crippen LogP contribution in [0.2, 0.25) is 0 Å². The van der Waals surface area contributed by atoms with Crippen molar-refractivity contribution in [3.05, 3.63) is 24.5 Å². The second-order valence-corrected chi connectivity index (χ2v) is 6.42. The van der Waals surface area contributed by atoms with E-state index in [1.807, 2.05) is 12.1 Å². The molecule has 1 aliphatic rings. The molecule has 21 heavy (non-hydrogen) atoms. The summed E-state index contributed by atoms with van der Waals surface area (Å²) in [7, 11) is 4.32. The third-order valence-corrected chi connectivity index (χ3v) is 5.07. The first-order chi connectivity index (χ1) is 10.2. The molecule has 0 amide bonds. The molecule has 1 saturated heterocycles. The Bertz CT molecular complexity index is 587. The molecule has 3 heterocycles. The lowest BCUT2D eigenvalue weighted by molar-refractivity contribution is 0.250. The van der Waals surface area contributed by atoms with Crippen LogP contribution in [-0.2, 0) is 0 Å². The molecule has 0 atom stereocenters. The summed E-state index contributed by atoms with van der Waals surface area (Å²) in [4.78, 5) is 8.82. The van der Waals surface area contributed by atoms with E-state index < -0.39 is 0 Å². The van der Waals surface area contributed by atoms with E-state index in [9.17, 15) is 0 Å². The molecule has 0 spiro atoms. The molecule has 1 aliphatic heterocycles. The summed E-state index contributed by atoms with van der Waals surface area (Å²) in [5.41, 5.74) is 8.26. The smallest absolute Gasteiger partial charge is 0.147 e. The topological polar surface area (TPSA) is 58.3 Å². The van der Waals surface area contributed by atoms with Gasteiger partial charge in [0.15, 0.2) is 0 Å². The van der Waals surface area contributed by atoms with Crippen molar-refractivity contribution in [3.8, 4) is 11.1 Å². The van der Waals surface area contributed by atoms with Crippen LogP contribution in [0.3, 0.4) is 0 Å². The Labute approximate surface area is 129 Å². The fourth-order valence-corrected chi connectivity index (χ4v) is 3.77. The van der Waals surface area contributed by atoms with Gasteiger partial charge in [-0.15, -0.1) is 0 Å². The van der Waals surface area contributed by atoms with E-state index in [0.29, 0.717) is 11.9 Å². The molecule has 5 nitrogen and oxygen atoms in total. The number of nitrogens with zero attached hydrogens (tertiary/aromatic N) is 4. The van der Waals surface area contributed by atoms with E-state index in [1.54, 1.807) is 12.4 Å². The monoisotopic (exact) mass is 303 g/mol. The molecule has 2 aromatic rings. The SMILES string of the molecule is CN(C)C1CCN(c2snc(N)c2-c2ccncc2)CC1. The normalized spacial score (nSPS) is 16.6. The summed E-state index contributed by atoms with van der Waals surface area (Å²) in [6, 6.07) is 4.67. The Balaban J connectivity index is 1.85. The van der Waals surface area contributed by atoms with Crippen LogP contribution in [0.4, 0.5) is 10.8 Å². The Morgan fingerprint density at radius 1 is 1.24 bits per heavy atom. The lowest BCUT2D eigenvalue weighted by atomic mass is 10.0. The van der Waals surface area contributed by atoms with E-state index in [4.69, 9.17) is 5.73 Å². The number of nitrogens with two attached hydrogens (primary N) is 1. The number of piperidine rings is 1. The maximum atomic E-state index is 6.10. The molecular weight excluding hydrogens is 282 g/mol. The second-order valence-electron chi connectivity index (χ2n) is 5.67. The molecule has 0 aromatic carbocycles. The number of aromatic nitrogens is 2. The van der Waals surface area contributed by atoms with Crippen LogP contribution in [0.5, 0.6) is 0 Å². The van der Waals surface area contributed by atoms with Gasteiger partial charge in [-0.3, -0.25) is 4.98 Å². The van der Waals surface area contributed by atoms with Gasteiger partial charge in [-0.25, -0.2) is 0 Å². The van der Waals surface area contributed by atoms with Gasteiger partial charge in [0.1, 0.15) is 10.8 Å². The van der Waals surface area contributed by atoms with Crippen LogP contribution in [0.15, 0.2) is 24.5 Å². The van der Waals surface area contributed by atoms with Crippen LogP contribution in [0, 0.1) is 0 Å². The zero-order chi connectivity index (χ0) is 14.8. The van der Waals surface area contributed by atoms with Gasteiger partial charge in [-0.2, -0.15) is 4.37 Å². The first kappa shape index (κ1) is 14.3. The van der Waals surface area contributed by atoms with Crippen LogP contribution in [0.25, 0.3) is 11.1 Å². The van der Waals surface area contributed by atoms with E-state index in [-0.39, 0.29) is 0 Å². The van der Waals surface area contributed by atoms with Crippen LogP contribution in [-0.4, -0.2) is 47.5 Å². The predicted octanol–water partition coefficient (Wildman–Crippen LogP) is 2.32. The third-order valence-electron chi connectivity index (χ3n) is 4.15. The summed E-state index contributed by atoms with van der Waals surface area (Å²) < 4.78 is 4.37. The molecule has 0 bridgehead atoms. The molecule has 112 valence electrons. The third kappa shape index (κ3) is 2.87. The molecule has 6 heteroatoms. The number of rotatable bonds is 3. The molecule has 0 radical (unpaired) electrons. The highest BCUT2D eigenvalue weighted by Gasteiger charge is 2.25. The highest BCUT2D eigenvalue weighted by Crippen LogP contribution is 2.40. The maximum Gasteiger partial charge on any atom is 0.147 e. The quantitative estimate of drug-likeness (QED) is 0.943. The van der Waals surface area contributed by atoms with Gasteiger partial charge >= 0.3 is 0 Å². The fourth-order valence-electron chi connectivity index (χ4n) is 2.88. The number of hydrogen-bond donors (Lipinski definition) is 1. The number of pyridine rings is 1. The average molecular weight is 303 g/mol. The van der Waals surface area contributed by atoms with Crippen molar-refractivity contribution < 1.29 is 0 Å². The Hall–Kier alpha value is -1.66. The molecular formula is C15H21N5S. The van der Waals surface area contributed by atoms with Crippen molar-refractivity contribution in [1.82, 2.24) is 14.3 Å². The number of nitrogen functional groups attached to an aromatic ring is 1. The van der Waals surface area contributed by atoms with Crippen molar-refractivity contribution >= 4 is 22.4 Å². The minimum atomic E-state index is 0.621. The largest absolute Gasteiger partial charge is 0.382 e. The minimum absolute atomic E-state index is 0.621. The van der Waals surface area contributed by atoms with Crippen molar-refractivity contribution in [2.45, 2.75) is 18.9 Å². The molecule has 2 aromatic heterocycles. The first-order valence-electron chi connectivity index (χ1n) is 7.23. The van der Waals surface area contributed by atoms with Crippen molar-refractivity contribution in [3.63, 3.8) is 0 Å². The van der Waals surface area contributed by atoms with Gasteiger partial charge in [0.2, 0.25) is 0 Å². The van der Waals surface area contributed by atoms with Gasteiger partial charge in [0, 0.05) is 31.5 Å². The zero-order valence-corrected chi connectivity index (χ0v) is 13.3. The lowest BCUT2D eigenvalue weighted by Crippen LogP contribution is -2.41. The van der Waals surface area contributed by atoms with Crippen LogP contribution >= 0.6 is 11.5 Å². The standard InChI is InChI=1S/C15H21N5S/c1-19(2)12-5-9-20(10-6-12)15-13(14(16)18-21-15)11-3-7-17-8-4-11/h3-4,7-8,12H,5-6,9-10H2,1-2H3,(H2,16,18). The van der Waals surface area contributed by atoms with Crippen LogP contribution in [0.1, 0.15) is 12.8 Å². The maximum absolute atomic E-state index is 6.10. The molecule has 3 rings (SSSR count). The van der Waals surface area contributed by atoms with Crippen molar-refractivity contribution in [2.24, 2.45) is 0 Å². The highest BCUT2D eigenvalue weighted by molar-refractivity contribution is 7.11. The number of anilines is 2. The van der Waals surface area contributed by atoms with Gasteiger partial charge in [0.05, 0.1) is 5.56 Å². The second kappa shape index (κ2) is 5.99. The molecule has 0 unspecified atom stereocenters. The first-order valence-corrected chi connectivity index (χ1v) is 8.01. The predicted molar refractivity (Wildman–Crippen MR) is 88.7 cm³/mol. The fraction of sp³-hybridized carbons (Fsp3) is 0.467. The van der Waals surface area contributed by atoms with Gasteiger partial charge in [0.25, 0.3) is 0 Å². The molecule has 0 saturated carbocycles. The van der Waals surface area contributed by atoms with E-state index in [1.165, 1.54) is 29.4 Å². The summed E-state index contributed by atoms with van der Waals surface area (Å²) in [6.45, 7) is 2.12. The molecule has 2 N–H and O–H groups in total. The lowest BCUT2D eigenvalue weighted by Gasteiger charge is -2.36. The summed E-state index contributed by atoms with van der Waals surface area (Å²) in [5, 5.41) is 1.19. The summed E-state index contributed by atoms with van der Waals surface area (Å²) in [5.74, 6) is 0.621. The van der Waals surface area contributed by atoms with E-state index in [2.05, 4.69) is 33.3 Å². The molecule has 0 aliphatic carbocycles. The van der Waals surface area contributed by atoms with Gasteiger partial charge < -0.3 is 15.5 Å². The van der Waals surface area contributed by atoms with Gasteiger partial charge in [-0.1, -0.05) is 0 Å². The van der Waals surface area contributed by atoms with Crippen LogP contribution < -0.4 is 10.6 Å². The van der Waals surface area contributed by atoms with E-state index >= 15 is 0 Å². The summed E-state index contributed by atoms with van der Waals surface area (Å²) in [6.07, 6.45) is 5.96. The summed E-state index contributed by atoms with van der Waals surface area (Å²) >= 11 is 1.50. The minimum Gasteiger partial charge on any atom is -0.382 e. The number of hydrogen-bond acceptors (Lipinski definition) is 6. The Morgan fingerprint density at radius 2 is 1.90 bits per heavy atom. The molecule has 1 fully saturated rings. The van der Waals surface area contributed by atoms with E-state index in [0.717, 1.165) is 24.2 Å². The van der Waals surface area contributed by atoms with Crippen molar-refractivity contribution in [2.75, 3.05) is 37.8 Å². The Morgan fingerprint density at radius 3 is 2.52 bits per heavy atom. The Kier molecular flexibility index (Phi) is 4.07. The zero-order valence-electron chi connectivity index (χ0n) is 12.5. The van der Waals surface area contributed by atoms with Gasteiger partial charge in [-0.05, 0) is 56.2 Å².